The number of benzene rings is 1. The highest BCUT2D eigenvalue weighted by Crippen LogP contribution is 2.29. The number of nitrogens with one attached hydrogen (secondary N) is 1. The maximum absolute atomic E-state index is 5.74. The molecule has 1 aliphatic rings. The Kier molecular flexibility index (Phi) is 2.59. The maximum Gasteiger partial charge on any atom is 0.143 e. The number of anilines is 1. The summed E-state index contributed by atoms with van der Waals surface area (Å²) in [5.41, 5.74) is 2.32. The van der Waals surface area contributed by atoms with E-state index in [1.54, 1.807) is 7.11 Å². The molecule has 1 atom stereocenters. The molecule has 14 heavy (non-hydrogen) atoms. The molecule has 1 unspecified atom stereocenters. The van der Waals surface area contributed by atoms with Gasteiger partial charge in [-0.05, 0) is 24.6 Å². The van der Waals surface area contributed by atoms with Gasteiger partial charge < -0.3 is 14.8 Å². The first-order valence-electron chi connectivity index (χ1n) is 4.79. The molecule has 2 rings (SSSR count). The summed E-state index contributed by atoms with van der Waals surface area (Å²) in [6.07, 6.45) is 0.121. The molecule has 0 aliphatic carbocycles. The van der Waals surface area contributed by atoms with Gasteiger partial charge in [-0.25, -0.2) is 0 Å². The van der Waals surface area contributed by atoms with Gasteiger partial charge in [0.2, 0.25) is 0 Å². The molecule has 0 spiro atoms. The Labute approximate surface area is 84.0 Å². The third-order valence-electron chi connectivity index (χ3n) is 2.30. The highest BCUT2D eigenvalue weighted by Gasteiger charge is 2.18. The summed E-state index contributed by atoms with van der Waals surface area (Å²) in [6, 6.07) is 6.15. The van der Waals surface area contributed by atoms with Gasteiger partial charge in [0.15, 0.2) is 0 Å². The minimum atomic E-state index is 0.121. The van der Waals surface area contributed by atoms with Crippen molar-refractivity contribution in [2.75, 3.05) is 25.6 Å². The lowest BCUT2D eigenvalue weighted by Crippen LogP contribution is -2.34. The summed E-state index contributed by atoms with van der Waals surface area (Å²) in [5, 5.41) is 3.33. The Balaban J connectivity index is 2.15. The van der Waals surface area contributed by atoms with E-state index in [1.807, 2.05) is 6.07 Å². The van der Waals surface area contributed by atoms with E-state index in [4.69, 9.17) is 9.47 Å². The van der Waals surface area contributed by atoms with Crippen molar-refractivity contribution in [1.29, 1.82) is 0 Å². The van der Waals surface area contributed by atoms with E-state index < -0.39 is 0 Å². The topological polar surface area (TPSA) is 30.5 Å². The van der Waals surface area contributed by atoms with E-state index in [-0.39, 0.29) is 6.10 Å². The molecule has 0 amide bonds. The van der Waals surface area contributed by atoms with Crippen LogP contribution in [-0.4, -0.2) is 26.4 Å². The smallest absolute Gasteiger partial charge is 0.143 e. The molecule has 1 aromatic rings. The van der Waals surface area contributed by atoms with Crippen LogP contribution in [0.2, 0.25) is 0 Å². The Morgan fingerprint density at radius 3 is 3.21 bits per heavy atom. The lowest BCUT2D eigenvalue weighted by Gasteiger charge is -2.27. The number of ether oxygens (including phenoxy) is 2. The van der Waals surface area contributed by atoms with Gasteiger partial charge in [-0.15, -0.1) is 0 Å². The largest absolute Gasteiger partial charge is 0.484 e. The summed E-state index contributed by atoms with van der Waals surface area (Å²) in [5.74, 6) is 0.920. The lowest BCUT2D eigenvalue weighted by atomic mass is 10.1. The molecule has 1 N–H and O–H groups in total. The molecule has 0 saturated carbocycles. The number of aryl methyl sites for hydroxylation is 1. The molecule has 1 heterocycles. The van der Waals surface area contributed by atoms with Crippen LogP contribution in [0.4, 0.5) is 5.69 Å². The zero-order valence-electron chi connectivity index (χ0n) is 8.54. The number of methoxy groups -OCH3 is 1. The van der Waals surface area contributed by atoms with Crippen molar-refractivity contribution in [2.24, 2.45) is 0 Å². The van der Waals surface area contributed by atoms with E-state index >= 15 is 0 Å². The number of hydrogen-bond acceptors (Lipinski definition) is 3. The monoisotopic (exact) mass is 193 g/mol. The van der Waals surface area contributed by atoms with Gasteiger partial charge in [-0.2, -0.15) is 0 Å². The average molecular weight is 193 g/mol. The van der Waals surface area contributed by atoms with Crippen LogP contribution in [0.25, 0.3) is 0 Å². The third-order valence-corrected chi connectivity index (χ3v) is 2.30. The Morgan fingerprint density at radius 1 is 1.57 bits per heavy atom. The summed E-state index contributed by atoms with van der Waals surface area (Å²) < 4.78 is 10.8. The third kappa shape index (κ3) is 1.82. The van der Waals surface area contributed by atoms with Crippen LogP contribution >= 0.6 is 0 Å². The summed E-state index contributed by atoms with van der Waals surface area (Å²) in [6.45, 7) is 3.51. The Morgan fingerprint density at radius 2 is 2.43 bits per heavy atom. The SMILES string of the molecule is COCC1CNc2cc(C)ccc2O1. The number of fused-ring (bicyclic) bond motifs is 1. The minimum Gasteiger partial charge on any atom is -0.484 e. The second-order valence-corrected chi connectivity index (χ2v) is 3.58. The summed E-state index contributed by atoms with van der Waals surface area (Å²) in [7, 11) is 1.69. The van der Waals surface area contributed by atoms with Gasteiger partial charge in [-0.3, -0.25) is 0 Å². The molecular weight excluding hydrogens is 178 g/mol. The standard InChI is InChI=1S/C11H15NO2/c1-8-3-4-11-10(5-8)12-6-9(14-11)7-13-2/h3-5,9,12H,6-7H2,1-2H3. The van der Waals surface area contributed by atoms with Crippen LogP contribution < -0.4 is 10.1 Å². The van der Waals surface area contributed by atoms with Gasteiger partial charge in [0, 0.05) is 7.11 Å². The van der Waals surface area contributed by atoms with Crippen molar-refractivity contribution in [3.05, 3.63) is 23.8 Å². The van der Waals surface area contributed by atoms with E-state index in [2.05, 4.69) is 24.4 Å². The maximum atomic E-state index is 5.74. The second kappa shape index (κ2) is 3.88. The van der Waals surface area contributed by atoms with Gasteiger partial charge in [0.05, 0.1) is 18.8 Å². The average Bonchev–Trinajstić information content (AvgIpc) is 2.19. The van der Waals surface area contributed by atoms with Gasteiger partial charge in [0.1, 0.15) is 11.9 Å². The van der Waals surface area contributed by atoms with Gasteiger partial charge in [0.25, 0.3) is 0 Å². The highest BCUT2D eigenvalue weighted by atomic mass is 16.5. The van der Waals surface area contributed by atoms with Gasteiger partial charge in [-0.1, -0.05) is 6.07 Å². The van der Waals surface area contributed by atoms with Crippen molar-refractivity contribution in [3.8, 4) is 5.75 Å². The lowest BCUT2D eigenvalue weighted by molar-refractivity contribution is 0.0848. The molecule has 76 valence electrons. The van der Waals surface area contributed by atoms with Crippen LogP contribution in [0.5, 0.6) is 5.75 Å². The first-order chi connectivity index (χ1) is 6.79. The molecule has 0 bridgehead atoms. The Bertz CT molecular complexity index is 325. The summed E-state index contributed by atoms with van der Waals surface area (Å²) >= 11 is 0. The predicted molar refractivity (Wildman–Crippen MR) is 56.0 cm³/mol. The molecule has 1 aliphatic heterocycles. The van der Waals surface area contributed by atoms with Crippen molar-refractivity contribution in [1.82, 2.24) is 0 Å². The minimum absolute atomic E-state index is 0.121. The fourth-order valence-electron chi connectivity index (χ4n) is 1.61. The van der Waals surface area contributed by atoms with Gasteiger partial charge >= 0.3 is 0 Å². The molecule has 3 heteroatoms. The molecule has 0 saturated heterocycles. The molecule has 0 aromatic heterocycles. The van der Waals surface area contributed by atoms with Crippen molar-refractivity contribution in [2.45, 2.75) is 13.0 Å². The predicted octanol–water partition coefficient (Wildman–Crippen LogP) is 1.81. The molecule has 3 nitrogen and oxygen atoms in total. The molecule has 1 aromatic carbocycles. The first kappa shape index (κ1) is 9.34. The fraction of sp³-hybridized carbons (Fsp3) is 0.455. The Hall–Kier alpha value is -1.22. The first-order valence-corrected chi connectivity index (χ1v) is 4.79. The number of hydrogen-bond donors (Lipinski definition) is 1. The van der Waals surface area contributed by atoms with Crippen LogP contribution in [0.3, 0.4) is 0 Å². The zero-order chi connectivity index (χ0) is 9.97. The van der Waals surface area contributed by atoms with Crippen molar-refractivity contribution >= 4 is 5.69 Å². The molecular formula is C11H15NO2. The highest BCUT2D eigenvalue weighted by molar-refractivity contribution is 5.59. The van der Waals surface area contributed by atoms with Crippen molar-refractivity contribution in [3.63, 3.8) is 0 Å². The van der Waals surface area contributed by atoms with E-state index in [0.29, 0.717) is 6.61 Å². The molecule has 0 radical (unpaired) electrons. The van der Waals surface area contributed by atoms with Crippen LogP contribution in [0.1, 0.15) is 5.56 Å². The normalized spacial score (nSPS) is 19.4. The van der Waals surface area contributed by atoms with Crippen LogP contribution in [0, 0.1) is 6.92 Å². The van der Waals surface area contributed by atoms with Crippen LogP contribution in [-0.2, 0) is 4.74 Å². The summed E-state index contributed by atoms with van der Waals surface area (Å²) in [4.78, 5) is 0. The fourth-order valence-corrected chi connectivity index (χ4v) is 1.61. The van der Waals surface area contributed by atoms with E-state index in [0.717, 1.165) is 18.0 Å². The quantitative estimate of drug-likeness (QED) is 0.777. The zero-order valence-corrected chi connectivity index (χ0v) is 8.54. The number of rotatable bonds is 2. The van der Waals surface area contributed by atoms with E-state index in [1.165, 1.54) is 5.56 Å². The van der Waals surface area contributed by atoms with Crippen LogP contribution in [0.15, 0.2) is 18.2 Å². The van der Waals surface area contributed by atoms with E-state index in [9.17, 15) is 0 Å². The second-order valence-electron chi connectivity index (χ2n) is 3.58. The molecule has 0 fully saturated rings. The van der Waals surface area contributed by atoms with Crippen molar-refractivity contribution < 1.29 is 9.47 Å².